The predicted molar refractivity (Wildman–Crippen MR) is 114 cm³/mol. The fourth-order valence-electron chi connectivity index (χ4n) is 2.98. The summed E-state index contributed by atoms with van der Waals surface area (Å²) in [5.74, 6) is -0.250. The second-order valence-corrected chi connectivity index (χ2v) is 6.96. The van der Waals surface area contributed by atoms with Crippen molar-refractivity contribution in [1.29, 1.82) is 0 Å². The standard InChI is InChI=1S/C24H23FN2O3/c1-15-4-5-19(14-22(15)30-3)24(29)26-16(2)17-8-12-21(13-9-17)27-23(28)18-6-10-20(25)11-7-18/h4-14,16H,1-3H3,(H,26,29)(H,27,28). The van der Waals surface area contributed by atoms with Gasteiger partial charge in [0.15, 0.2) is 0 Å². The molecule has 30 heavy (non-hydrogen) atoms. The molecule has 154 valence electrons. The molecule has 0 fully saturated rings. The van der Waals surface area contributed by atoms with Gasteiger partial charge in [0.1, 0.15) is 11.6 Å². The number of rotatable bonds is 6. The summed E-state index contributed by atoms with van der Waals surface area (Å²) in [5.41, 5.74) is 3.35. The number of hydrogen-bond acceptors (Lipinski definition) is 3. The number of anilines is 1. The third-order valence-corrected chi connectivity index (χ3v) is 4.79. The van der Waals surface area contributed by atoms with Gasteiger partial charge in [0.25, 0.3) is 11.8 Å². The molecule has 6 heteroatoms. The number of nitrogens with one attached hydrogen (secondary N) is 2. The van der Waals surface area contributed by atoms with Gasteiger partial charge < -0.3 is 15.4 Å². The van der Waals surface area contributed by atoms with Gasteiger partial charge >= 0.3 is 0 Å². The summed E-state index contributed by atoms with van der Waals surface area (Å²) < 4.78 is 18.3. The summed E-state index contributed by atoms with van der Waals surface area (Å²) in [4.78, 5) is 24.8. The van der Waals surface area contributed by atoms with Crippen LogP contribution in [0, 0.1) is 12.7 Å². The van der Waals surface area contributed by atoms with Crippen LogP contribution in [-0.4, -0.2) is 18.9 Å². The van der Waals surface area contributed by atoms with Gasteiger partial charge in [-0.2, -0.15) is 0 Å². The van der Waals surface area contributed by atoms with Crippen LogP contribution in [-0.2, 0) is 0 Å². The summed E-state index contributed by atoms with van der Waals surface area (Å²) in [6, 6.07) is 17.6. The van der Waals surface area contributed by atoms with Gasteiger partial charge in [-0.25, -0.2) is 4.39 Å². The monoisotopic (exact) mass is 406 g/mol. The zero-order chi connectivity index (χ0) is 21.7. The summed E-state index contributed by atoms with van der Waals surface area (Å²) in [7, 11) is 1.57. The first-order chi connectivity index (χ1) is 14.4. The van der Waals surface area contributed by atoms with E-state index in [1.54, 1.807) is 31.4 Å². The predicted octanol–water partition coefficient (Wildman–Crippen LogP) is 4.89. The first-order valence-corrected chi connectivity index (χ1v) is 9.50. The molecular weight excluding hydrogens is 383 g/mol. The Hall–Kier alpha value is -3.67. The van der Waals surface area contributed by atoms with E-state index in [2.05, 4.69) is 10.6 Å². The molecule has 1 atom stereocenters. The zero-order valence-corrected chi connectivity index (χ0v) is 17.0. The van der Waals surface area contributed by atoms with Gasteiger partial charge in [-0.3, -0.25) is 9.59 Å². The van der Waals surface area contributed by atoms with Crippen LogP contribution in [0.1, 0.15) is 44.8 Å². The van der Waals surface area contributed by atoms with Gasteiger partial charge in [0.2, 0.25) is 0 Å². The number of methoxy groups -OCH3 is 1. The molecule has 0 saturated carbocycles. The number of amides is 2. The maximum Gasteiger partial charge on any atom is 0.255 e. The van der Waals surface area contributed by atoms with E-state index in [9.17, 15) is 14.0 Å². The van der Waals surface area contributed by atoms with Crippen molar-refractivity contribution in [1.82, 2.24) is 5.32 Å². The molecule has 0 spiro atoms. The number of carbonyl (C=O) groups excluding carboxylic acids is 2. The average molecular weight is 406 g/mol. The molecule has 0 saturated heterocycles. The van der Waals surface area contributed by atoms with Crippen LogP contribution in [0.25, 0.3) is 0 Å². The van der Waals surface area contributed by atoms with Crippen LogP contribution in [0.3, 0.4) is 0 Å². The van der Waals surface area contributed by atoms with Crippen LogP contribution < -0.4 is 15.4 Å². The van der Waals surface area contributed by atoms with E-state index in [0.29, 0.717) is 22.6 Å². The van der Waals surface area contributed by atoms with Crippen LogP contribution in [0.4, 0.5) is 10.1 Å². The lowest BCUT2D eigenvalue weighted by Gasteiger charge is -2.16. The Balaban J connectivity index is 1.63. The lowest BCUT2D eigenvalue weighted by molar-refractivity contribution is 0.0939. The maximum absolute atomic E-state index is 13.0. The Morgan fingerprint density at radius 2 is 1.53 bits per heavy atom. The minimum atomic E-state index is -0.393. The van der Waals surface area contributed by atoms with Gasteiger partial charge in [-0.05, 0) is 73.5 Å². The van der Waals surface area contributed by atoms with E-state index < -0.39 is 5.82 Å². The van der Waals surface area contributed by atoms with Crippen LogP contribution in [0.15, 0.2) is 66.7 Å². The zero-order valence-electron chi connectivity index (χ0n) is 17.0. The van der Waals surface area contributed by atoms with Gasteiger partial charge in [0, 0.05) is 16.8 Å². The molecule has 0 aliphatic carbocycles. The largest absolute Gasteiger partial charge is 0.496 e. The van der Waals surface area contributed by atoms with Crippen molar-refractivity contribution in [3.63, 3.8) is 0 Å². The molecule has 3 aromatic carbocycles. The Morgan fingerprint density at radius 3 is 2.17 bits per heavy atom. The topological polar surface area (TPSA) is 67.4 Å². The smallest absolute Gasteiger partial charge is 0.255 e. The SMILES string of the molecule is COc1cc(C(=O)NC(C)c2ccc(NC(=O)c3ccc(F)cc3)cc2)ccc1C. The molecule has 1 unspecified atom stereocenters. The van der Waals surface area contributed by atoms with Crippen molar-refractivity contribution in [3.05, 3.63) is 94.8 Å². The molecule has 0 radical (unpaired) electrons. The molecule has 2 N–H and O–H groups in total. The van der Waals surface area contributed by atoms with Gasteiger partial charge in [-0.15, -0.1) is 0 Å². The number of halogens is 1. The molecule has 3 rings (SSSR count). The Morgan fingerprint density at radius 1 is 0.900 bits per heavy atom. The molecule has 0 bridgehead atoms. The van der Waals surface area contributed by atoms with Crippen molar-refractivity contribution in [3.8, 4) is 5.75 Å². The van der Waals surface area contributed by atoms with Crippen molar-refractivity contribution in [2.45, 2.75) is 19.9 Å². The Bertz CT molecular complexity index is 1050. The Kier molecular flexibility index (Phi) is 6.47. The summed E-state index contributed by atoms with van der Waals surface area (Å²) >= 11 is 0. The minimum absolute atomic E-state index is 0.200. The summed E-state index contributed by atoms with van der Waals surface area (Å²) in [6.07, 6.45) is 0. The first-order valence-electron chi connectivity index (χ1n) is 9.50. The average Bonchev–Trinajstić information content (AvgIpc) is 2.74. The third kappa shape index (κ3) is 5.03. The summed E-state index contributed by atoms with van der Waals surface area (Å²) in [6.45, 7) is 3.80. The second-order valence-electron chi connectivity index (χ2n) is 6.96. The molecule has 5 nitrogen and oxygen atoms in total. The Labute approximate surface area is 174 Å². The molecule has 0 aliphatic heterocycles. The third-order valence-electron chi connectivity index (χ3n) is 4.79. The summed E-state index contributed by atoms with van der Waals surface area (Å²) in [5, 5.41) is 5.72. The number of ether oxygens (including phenoxy) is 1. The highest BCUT2D eigenvalue weighted by molar-refractivity contribution is 6.04. The van der Waals surface area contributed by atoms with E-state index in [1.165, 1.54) is 24.3 Å². The highest BCUT2D eigenvalue weighted by Gasteiger charge is 2.13. The normalized spacial score (nSPS) is 11.5. The quantitative estimate of drug-likeness (QED) is 0.613. The van der Waals surface area contributed by atoms with Crippen molar-refractivity contribution >= 4 is 17.5 Å². The van der Waals surface area contributed by atoms with Gasteiger partial charge in [0.05, 0.1) is 13.2 Å². The van der Waals surface area contributed by atoms with E-state index in [0.717, 1.165) is 11.1 Å². The van der Waals surface area contributed by atoms with Crippen molar-refractivity contribution < 1.29 is 18.7 Å². The van der Waals surface area contributed by atoms with E-state index >= 15 is 0 Å². The highest BCUT2D eigenvalue weighted by atomic mass is 19.1. The van der Waals surface area contributed by atoms with E-state index in [4.69, 9.17) is 4.74 Å². The molecule has 0 aromatic heterocycles. The van der Waals surface area contributed by atoms with Crippen molar-refractivity contribution in [2.24, 2.45) is 0 Å². The van der Waals surface area contributed by atoms with E-state index in [-0.39, 0.29) is 17.9 Å². The molecule has 2 amide bonds. The highest BCUT2D eigenvalue weighted by Crippen LogP contribution is 2.21. The van der Waals surface area contributed by atoms with Crippen LogP contribution in [0.5, 0.6) is 5.75 Å². The molecule has 0 aliphatic rings. The number of aryl methyl sites for hydroxylation is 1. The number of carbonyl (C=O) groups is 2. The second kappa shape index (κ2) is 9.22. The van der Waals surface area contributed by atoms with E-state index in [1.807, 2.05) is 32.0 Å². The molecule has 3 aromatic rings. The number of hydrogen-bond donors (Lipinski definition) is 2. The van der Waals surface area contributed by atoms with Crippen LogP contribution in [0.2, 0.25) is 0 Å². The van der Waals surface area contributed by atoms with Gasteiger partial charge in [-0.1, -0.05) is 18.2 Å². The fraction of sp³-hybridized carbons (Fsp3) is 0.167. The molecular formula is C24H23FN2O3. The van der Waals surface area contributed by atoms with Crippen LogP contribution >= 0.6 is 0 Å². The maximum atomic E-state index is 13.0. The number of benzene rings is 3. The lowest BCUT2D eigenvalue weighted by atomic mass is 10.1. The first kappa shape index (κ1) is 21.0. The fourth-order valence-corrected chi connectivity index (χ4v) is 2.98. The minimum Gasteiger partial charge on any atom is -0.496 e. The molecule has 0 heterocycles. The van der Waals surface area contributed by atoms with Crippen molar-refractivity contribution in [2.75, 3.05) is 12.4 Å². The lowest BCUT2D eigenvalue weighted by Crippen LogP contribution is -2.26.